The molecule has 1 aromatic carbocycles. The summed E-state index contributed by atoms with van der Waals surface area (Å²) in [5.41, 5.74) is 4.01. The zero-order chi connectivity index (χ0) is 22.6. The second-order valence-corrected chi connectivity index (χ2v) is 9.78. The Hall–Kier alpha value is -1.31. The SMILES string of the molecule is CCC[C@H]1O[C@@H](C)[C@H](O)[C@@H]1OP(=O)(O)OCC1=CC=C(c2ccc(CO)cc2)C(C)C1. The van der Waals surface area contributed by atoms with Gasteiger partial charge in [0.15, 0.2) is 0 Å². The predicted octanol–water partition coefficient (Wildman–Crippen LogP) is 3.98. The van der Waals surface area contributed by atoms with E-state index in [1.165, 1.54) is 5.57 Å². The number of allylic oxidation sites excluding steroid dienone is 3. The molecule has 1 heterocycles. The maximum atomic E-state index is 12.5. The van der Waals surface area contributed by atoms with Crippen LogP contribution in [0.2, 0.25) is 0 Å². The molecule has 0 saturated carbocycles. The Kier molecular flexibility index (Phi) is 8.27. The van der Waals surface area contributed by atoms with Gasteiger partial charge >= 0.3 is 7.82 Å². The van der Waals surface area contributed by atoms with Crippen LogP contribution < -0.4 is 0 Å². The molecule has 0 amide bonds. The normalized spacial score (nSPS) is 30.6. The zero-order valence-electron chi connectivity index (χ0n) is 18.3. The molecular formula is C23H33O7P. The number of hydrogen-bond acceptors (Lipinski definition) is 6. The molecule has 1 aliphatic carbocycles. The molecule has 172 valence electrons. The summed E-state index contributed by atoms with van der Waals surface area (Å²) in [5, 5.41) is 19.5. The Morgan fingerprint density at radius 1 is 1.19 bits per heavy atom. The van der Waals surface area contributed by atoms with Gasteiger partial charge in [-0.05, 0) is 48.0 Å². The first kappa shape index (κ1) is 24.3. The highest BCUT2D eigenvalue weighted by molar-refractivity contribution is 7.47. The molecule has 7 nitrogen and oxygen atoms in total. The van der Waals surface area contributed by atoms with Gasteiger partial charge in [-0.25, -0.2) is 4.57 Å². The van der Waals surface area contributed by atoms with E-state index < -0.39 is 32.2 Å². The summed E-state index contributed by atoms with van der Waals surface area (Å²) in [7, 11) is -4.36. The maximum absolute atomic E-state index is 12.5. The molecule has 0 bridgehead atoms. The lowest BCUT2D eigenvalue weighted by atomic mass is 9.84. The molecule has 1 fully saturated rings. The molecule has 31 heavy (non-hydrogen) atoms. The summed E-state index contributed by atoms with van der Waals surface area (Å²) in [5.74, 6) is 0.211. The third kappa shape index (κ3) is 6.14. The van der Waals surface area contributed by atoms with Gasteiger partial charge < -0.3 is 19.8 Å². The molecule has 3 rings (SSSR count). The van der Waals surface area contributed by atoms with E-state index in [4.69, 9.17) is 13.8 Å². The van der Waals surface area contributed by atoms with Crippen molar-refractivity contribution < 1.29 is 33.5 Å². The van der Waals surface area contributed by atoms with E-state index in [2.05, 4.69) is 6.92 Å². The van der Waals surface area contributed by atoms with Gasteiger partial charge in [-0.2, -0.15) is 0 Å². The number of hydrogen-bond donors (Lipinski definition) is 3. The van der Waals surface area contributed by atoms with Crippen molar-refractivity contribution in [2.24, 2.45) is 5.92 Å². The molecule has 0 aromatic heterocycles. The average molecular weight is 452 g/mol. The second-order valence-electron chi connectivity index (χ2n) is 8.38. The minimum absolute atomic E-state index is 0.0155. The van der Waals surface area contributed by atoms with E-state index >= 15 is 0 Å². The van der Waals surface area contributed by atoms with Crippen molar-refractivity contribution in [1.82, 2.24) is 0 Å². The number of phosphoric acid groups is 1. The molecule has 6 atom stereocenters. The lowest BCUT2D eigenvalue weighted by Crippen LogP contribution is -2.34. The Morgan fingerprint density at radius 2 is 1.90 bits per heavy atom. The van der Waals surface area contributed by atoms with Gasteiger partial charge in [-0.3, -0.25) is 9.05 Å². The molecule has 1 aromatic rings. The van der Waals surface area contributed by atoms with Crippen LogP contribution in [0.25, 0.3) is 5.57 Å². The van der Waals surface area contributed by atoms with Crippen LogP contribution in [0.3, 0.4) is 0 Å². The maximum Gasteiger partial charge on any atom is 0.472 e. The van der Waals surface area contributed by atoms with Crippen molar-refractivity contribution in [3.8, 4) is 0 Å². The van der Waals surface area contributed by atoms with Crippen molar-refractivity contribution in [2.45, 2.75) is 71.1 Å². The Balaban J connectivity index is 1.61. The Bertz CT molecular complexity index is 848. The highest BCUT2D eigenvalue weighted by Gasteiger charge is 2.45. The molecule has 3 N–H and O–H groups in total. The van der Waals surface area contributed by atoms with Crippen molar-refractivity contribution in [2.75, 3.05) is 6.61 Å². The summed E-state index contributed by atoms with van der Waals surface area (Å²) in [6, 6.07) is 7.78. The standard InChI is InChI=1S/C23H33O7P/c1-4-5-21-23(22(25)16(3)29-21)30-31(26,27)28-14-18-8-11-20(15(2)12-18)19-9-6-17(13-24)7-10-19/h6-11,15-16,21-25H,4-5,12-14H2,1-3H3,(H,26,27)/t15?,16-,21+,22-,23+/m0/s1. The molecule has 0 spiro atoms. The largest absolute Gasteiger partial charge is 0.472 e. The highest BCUT2D eigenvalue weighted by Crippen LogP contribution is 2.48. The van der Waals surface area contributed by atoms with E-state index in [9.17, 15) is 19.7 Å². The molecule has 2 aliphatic rings. The van der Waals surface area contributed by atoms with Crippen LogP contribution >= 0.6 is 7.82 Å². The van der Waals surface area contributed by atoms with Gasteiger partial charge in [0, 0.05) is 0 Å². The van der Waals surface area contributed by atoms with Crippen molar-refractivity contribution in [1.29, 1.82) is 0 Å². The number of aliphatic hydroxyl groups is 2. The predicted molar refractivity (Wildman–Crippen MR) is 118 cm³/mol. The van der Waals surface area contributed by atoms with Crippen LogP contribution in [0.4, 0.5) is 0 Å². The van der Waals surface area contributed by atoms with Crippen LogP contribution in [-0.4, -0.2) is 46.1 Å². The van der Waals surface area contributed by atoms with Crippen LogP contribution in [-0.2, 0) is 25.0 Å². The number of aliphatic hydroxyl groups excluding tert-OH is 2. The summed E-state index contributed by atoms with van der Waals surface area (Å²) >= 11 is 0. The number of rotatable bonds is 9. The van der Waals surface area contributed by atoms with Gasteiger partial charge in [0.1, 0.15) is 12.2 Å². The van der Waals surface area contributed by atoms with Crippen LogP contribution in [0.1, 0.15) is 51.2 Å². The summed E-state index contributed by atoms with van der Waals surface area (Å²) in [6.45, 7) is 5.78. The van der Waals surface area contributed by atoms with Crippen LogP contribution in [0.15, 0.2) is 42.0 Å². The molecule has 1 saturated heterocycles. The fourth-order valence-corrected chi connectivity index (χ4v) is 5.11. The van der Waals surface area contributed by atoms with Gasteiger partial charge in [0.25, 0.3) is 0 Å². The number of phosphoric ester groups is 1. The summed E-state index contributed by atoms with van der Waals surface area (Å²) < 4.78 is 28.8. The monoisotopic (exact) mass is 452 g/mol. The smallest absolute Gasteiger partial charge is 0.392 e. The number of ether oxygens (including phenoxy) is 1. The highest BCUT2D eigenvalue weighted by atomic mass is 31.2. The van der Waals surface area contributed by atoms with Crippen LogP contribution in [0, 0.1) is 5.92 Å². The molecule has 2 unspecified atom stereocenters. The van der Waals surface area contributed by atoms with Gasteiger partial charge in [-0.15, -0.1) is 0 Å². The Labute approximate surface area is 184 Å². The topological polar surface area (TPSA) is 105 Å². The van der Waals surface area contributed by atoms with Crippen molar-refractivity contribution in [3.05, 3.63) is 53.1 Å². The first-order valence-electron chi connectivity index (χ1n) is 10.8. The molecule has 1 aliphatic heterocycles. The molecule has 8 heteroatoms. The number of benzene rings is 1. The van der Waals surface area contributed by atoms with Gasteiger partial charge in [0.05, 0.1) is 25.4 Å². The lowest BCUT2D eigenvalue weighted by molar-refractivity contribution is 0.00632. The fraction of sp³-hybridized carbons (Fsp3) is 0.565. The van der Waals surface area contributed by atoms with E-state index in [0.29, 0.717) is 12.8 Å². The van der Waals surface area contributed by atoms with Crippen LogP contribution in [0.5, 0.6) is 0 Å². The van der Waals surface area contributed by atoms with E-state index in [0.717, 1.165) is 23.1 Å². The third-order valence-electron chi connectivity index (χ3n) is 5.88. The minimum Gasteiger partial charge on any atom is -0.392 e. The summed E-state index contributed by atoms with van der Waals surface area (Å²) in [6.07, 6.45) is 3.27. The lowest BCUT2D eigenvalue weighted by Gasteiger charge is -2.25. The van der Waals surface area contributed by atoms with Crippen molar-refractivity contribution in [3.63, 3.8) is 0 Å². The fourth-order valence-electron chi connectivity index (χ4n) is 4.15. The quantitative estimate of drug-likeness (QED) is 0.487. The molecule has 0 radical (unpaired) electrons. The molecular weight excluding hydrogens is 419 g/mol. The first-order chi connectivity index (χ1) is 14.7. The summed E-state index contributed by atoms with van der Waals surface area (Å²) in [4.78, 5) is 10.2. The third-order valence-corrected chi connectivity index (χ3v) is 6.85. The van der Waals surface area contributed by atoms with E-state index in [1.807, 2.05) is 43.3 Å². The van der Waals surface area contributed by atoms with Crippen molar-refractivity contribution >= 4 is 13.4 Å². The first-order valence-corrected chi connectivity index (χ1v) is 12.3. The zero-order valence-corrected chi connectivity index (χ0v) is 19.2. The van der Waals surface area contributed by atoms with Gasteiger partial charge in [0.2, 0.25) is 0 Å². The minimum atomic E-state index is -4.36. The second kappa shape index (κ2) is 10.5. The van der Waals surface area contributed by atoms with Gasteiger partial charge in [-0.1, -0.05) is 56.7 Å². The van der Waals surface area contributed by atoms with E-state index in [-0.39, 0.29) is 19.1 Å². The average Bonchev–Trinajstić information content (AvgIpc) is 3.00. The van der Waals surface area contributed by atoms with E-state index in [1.54, 1.807) is 6.92 Å². The Morgan fingerprint density at radius 3 is 2.52 bits per heavy atom.